The van der Waals surface area contributed by atoms with Crippen molar-refractivity contribution < 1.29 is 18.8 Å². The fraction of sp³-hybridized carbons (Fsp3) is 0.591. The molecule has 10 heteroatoms. The Morgan fingerprint density at radius 2 is 1.91 bits per heavy atom. The highest BCUT2D eigenvalue weighted by atomic mass is 32.2. The van der Waals surface area contributed by atoms with Crippen LogP contribution in [-0.4, -0.2) is 57.1 Å². The molecule has 176 valence electrons. The Kier molecular flexibility index (Phi) is 7.49. The predicted octanol–water partition coefficient (Wildman–Crippen LogP) is 2.21. The van der Waals surface area contributed by atoms with Gasteiger partial charge in [0.15, 0.2) is 0 Å². The normalized spacial score (nSPS) is 16.9. The zero-order valence-electron chi connectivity index (χ0n) is 19.5. The second kappa shape index (κ2) is 9.78. The predicted molar refractivity (Wildman–Crippen MR) is 124 cm³/mol. The van der Waals surface area contributed by atoms with Crippen LogP contribution in [0.15, 0.2) is 23.1 Å². The molecule has 0 aliphatic carbocycles. The van der Waals surface area contributed by atoms with E-state index in [0.717, 1.165) is 0 Å². The molecule has 9 nitrogen and oxygen atoms in total. The summed E-state index contributed by atoms with van der Waals surface area (Å²) in [5, 5.41) is 0. The third-order valence-corrected chi connectivity index (χ3v) is 6.68. The van der Waals surface area contributed by atoms with Crippen LogP contribution in [0.4, 0.5) is 5.82 Å². The summed E-state index contributed by atoms with van der Waals surface area (Å²) in [6, 6.07) is 2.68. The van der Waals surface area contributed by atoms with E-state index in [0.29, 0.717) is 43.3 Å². The standard InChI is InChI=1S/C22H32N4O5S/c1-14(2)31-21(28)16-11-17(15(3)24-32(29)22(4,5)6)20-23-18(12-19(27)26(20)13-16)25-7-9-30-10-8-25/h11-15,24H,7-10H2,1-6H3. The SMILES string of the molecule is CC(C)OC(=O)c1cc(C(C)N[S+]([O-])C(C)(C)C)c2nc(N3CCOCC3)cc(=O)n2c1. The van der Waals surface area contributed by atoms with Gasteiger partial charge in [-0.2, -0.15) is 0 Å². The molecule has 1 fully saturated rings. The first-order valence-corrected chi connectivity index (χ1v) is 11.9. The summed E-state index contributed by atoms with van der Waals surface area (Å²) in [6.45, 7) is 13.4. The Morgan fingerprint density at radius 1 is 1.25 bits per heavy atom. The number of aromatic nitrogens is 2. The summed E-state index contributed by atoms with van der Waals surface area (Å²) >= 11 is -1.36. The summed E-state index contributed by atoms with van der Waals surface area (Å²) in [5.41, 5.74) is 0.930. The molecule has 0 amide bonds. The van der Waals surface area contributed by atoms with Gasteiger partial charge in [-0.25, -0.2) is 9.78 Å². The molecular weight excluding hydrogens is 432 g/mol. The number of ether oxygens (including phenoxy) is 2. The second-order valence-corrected chi connectivity index (χ2v) is 11.1. The van der Waals surface area contributed by atoms with Gasteiger partial charge in [0.05, 0.1) is 30.9 Å². The van der Waals surface area contributed by atoms with Crippen molar-refractivity contribution in [2.24, 2.45) is 0 Å². The molecular formula is C22H32N4O5S. The van der Waals surface area contributed by atoms with Crippen molar-refractivity contribution in [1.29, 1.82) is 0 Å². The molecule has 1 aliphatic rings. The Hall–Kier alpha value is -2.14. The van der Waals surface area contributed by atoms with E-state index in [-0.39, 0.29) is 17.2 Å². The molecule has 1 aliphatic heterocycles. The van der Waals surface area contributed by atoms with Gasteiger partial charge in [0.25, 0.3) is 5.56 Å². The molecule has 0 saturated carbocycles. The van der Waals surface area contributed by atoms with E-state index in [4.69, 9.17) is 14.5 Å². The highest BCUT2D eigenvalue weighted by Crippen LogP contribution is 2.25. The first-order valence-electron chi connectivity index (χ1n) is 10.8. The minimum Gasteiger partial charge on any atom is -0.598 e. The third kappa shape index (κ3) is 5.61. The molecule has 2 unspecified atom stereocenters. The topological polar surface area (TPSA) is 108 Å². The van der Waals surface area contributed by atoms with Gasteiger partial charge < -0.3 is 18.9 Å². The van der Waals surface area contributed by atoms with E-state index in [9.17, 15) is 14.1 Å². The van der Waals surface area contributed by atoms with E-state index in [1.807, 2.05) is 32.6 Å². The number of rotatable bonds is 6. The number of nitrogens with one attached hydrogen (secondary N) is 1. The lowest BCUT2D eigenvalue weighted by Gasteiger charge is -2.29. The summed E-state index contributed by atoms with van der Waals surface area (Å²) in [7, 11) is 0. The highest BCUT2D eigenvalue weighted by Gasteiger charge is 2.30. The van der Waals surface area contributed by atoms with Gasteiger partial charge in [-0.3, -0.25) is 9.20 Å². The van der Waals surface area contributed by atoms with Gasteiger partial charge >= 0.3 is 5.97 Å². The van der Waals surface area contributed by atoms with Gasteiger partial charge in [0.1, 0.15) is 16.2 Å². The van der Waals surface area contributed by atoms with Crippen LogP contribution in [0.2, 0.25) is 0 Å². The molecule has 3 heterocycles. The Bertz CT molecular complexity index is 1030. The lowest BCUT2D eigenvalue weighted by atomic mass is 10.1. The number of carbonyl (C=O) groups excluding carboxylic acids is 1. The monoisotopic (exact) mass is 464 g/mol. The first kappa shape index (κ1) is 24.5. The van der Waals surface area contributed by atoms with Crippen molar-refractivity contribution in [2.75, 3.05) is 31.2 Å². The largest absolute Gasteiger partial charge is 0.598 e. The smallest absolute Gasteiger partial charge is 0.339 e. The van der Waals surface area contributed by atoms with Crippen molar-refractivity contribution in [3.8, 4) is 0 Å². The molecule has 2 aromatic heterocycles. The third-order valence-electron chi connectivity index (χ3n) is 5.00. The van der Waals surface area contributed by atoms with Gasteiger partial charge in [0.2, 0.25) is 0 Å². The van der Waals surface area contributed by atoms with Gasteiger partial charge in [-0.1, -0.05) is 0 Å². The van der Waals surface area contributed by atoms with Crippen LogP contribution in [0, 0.1) is 0 Å². The van der Waals surface area contributed by atoms with E-state index in [2.05, 4.69) is 4.72 Å². The van der Waals surface area contributed by atoms with E-state index < -0.39 is 28.1 Å². The maximum atomic E-state index is 13.0. The zero-order valence-corrected chi connectivity index (χ0v) is 20.3. The second-order valence-electron chi connectivity index (χ2n) is 9.10. The number of pyridine rings is 1. The Balaban J connectivity index is 2.13. The van der Waals surface area contributed by atoms with Crippen LogP contribution in [0.1, 0.15) is 63.5 Å². The van der Waals surface area contributed by atoms with Crippen molar-refractivity contribution >= 4 is 28.8 Å². The van der Waals surface area contributed by atoms with Crippen LogP contribution in [0.25, 0.3) is 5.65 Å². The average molecular weight is 465 g/mol. The number of esters is 1. The summed E-state index contributed by atoms with van der Waals surface area (Å²) < 4.78 is 27.4. The molecule has 32 heavy (non-hydrogen) atoms. The molecule has 0 aromatic carbocycles. The Labute approximate surface area is 191 Å². The minimum atomic E-state index is -1.36. The summed E-state index contributed by atoms with van der Waals surface area (Å²) in [4.78, 5) is 32.4. The zero-order chi connectivity index (χ0) is 23.6. The van der Waals surface area contributed by atoms with Crippen molar-refractivity contribution in [2.45, 2.75) is 58.4 Å². The molecule has 2 aromatic rings. The number of anilines is 1. The number of carbonyl (C=O) groups is 1. The van der Waals surface area contributed by atoms with E-state index in [1.165, 1.54) is 16.7 Å². The molecule has 3 rings (SSSR count). The number of nitrogens with zero attached hydrogens (tertiary/aromatic N) is 3. The van der Waals surface area contributed by atoms with Crippen LogP contribution in [0.3, 0.4) is 0 Å². The fourth-order valence-electron chi connectivity index (χ4n) is 3.28. The van der Waals surface area contributed by atoms with Crippen molar-refractivity contribution in [1.82, 2.24) is 14.1 Å². The quantitative estimate of drug-likeness (QED) is 0.512. The molecule has 0 spiro atoms. The van der Waals surface area contributed by atoms with Crippen LogP contribution < -0.4 is 15.2 Å². The van der Waals surface area contributed by atoms with E-state index in [1.54, 1.807) is 19.9 Å². The molecule has 0 bridgehead atoms. The van der Waals surface area contributed by atoms with Crippen molar-refractivity contribution in [3.05, 3.63) is 39.8 Å². The molecule has 1 N–H and O–H groups in total. The first-order chi connectivity index (χ1) is 15.0. The molecule has 2 atom stereocenters. The van der Waals surface area contributed by atoms with Crippen molar-refractivity contribution in [3.63, 3.8) is 0 Å². The highest BCUT2D eigenvalue weighted by molar-refractivity contribution is 7.90. The van der Waals surface area contributed by atoms with Crippen LogP contribution in [0.5, 0.6) is 0 Å². The van der Waals surface area contributed by atoms with Gasteiger partial charge in [0, 0.05) is 42.3 Å². The minimum absolute atomic E-state index is 0.236. The van der Waals surface area contributed by atoms with Crippen LogP contribution >= 0.6 is 0 Å². The number of morpholine rings is 1. The molecule has 0 radical (unpaired) electrons. The maximum Gasteiger partial charge on any atom is 0.339 e. The number of fused-ring (bicyclic) bond motifs is 1. The Morgan fingerprint density at radius 3 is 2.50 bits per heavy atom. The van der Waals surface area contributed by atoms with Gasteiger partial charge in [-0.15, -0.1) is 4.72 Å². The number of hydrogen-bond acceptors (Lipinski definition) is 8. The molecule has 1 saturated heterocycles. The van der Waals surface area contributed by atoms with Gasteiger partial charge in [-0.05, 0) is 47.6 Å². The fourth-order valence-corrected chi connectivity index (χ4v) is 4.09. The lowest BCUT2D eigenvalue weighted by molar-refractivity contribution is 0.0377. The number of hydrogen-bond donors (Lipinski definition) is 1. The summed E-state index contributed by atoms with van der Waals surface area (Å²) in [5.74, 6) is 0.0256. The maximum absolute atomic E-state index is 13.0. The van der Waals surface area contributed by atoms with E-state index >= 15 is 0 Å². The summed E-state index contributed by atoms with van der Waals surface area (Å²) in [6.07, 6.45) is 1.15. The average Bonchev–Trinajstić information content (AvgIpc) is 2.72. The lowest BCUT2D eigenvalue weighted by Crippen LogP contribution is -2.41. The van der Waals surface area contributed by atoms with Crippen LogP contribution in [-0.2, 0) is 20.8 Å².